The number of ether oxygens (including phenoxy) is 1. The Morgan fingerprint density at radius 2 is 1.94 bits per heavy atom. The summed E-state index contributed by atoms with van der Waals surface area (Å²) in [6.07, 6.45) is 4.39. The van der Waals surface area contributed by atoms with E-state index in [0.29, 0.717) is 41.3 Å². The normalized spacial score (nSPS) is 24.9. The van der Waals surface area contributed by atoms with Crippen molar-refractivity contribution in [2.24, 2.45) is 0 Å². The zero-order valence-corrected chi connectivity index (χ0v) is 18.9. The van der Waals surface area contributed by atoms with Crippen LogP contribution in [0.15, 0.2) is 11.2 Å². The average molecular weight is 449 g/mol. The standard InChI is InChI=1S/C22H26F2N4O2S/c1-22(2,3)30-21(29)28-11-5-7-16(28)15-8-6-12-13(23)9-14(24)18-17(12)19(27(15)10-11)26-20(25-18)31-4/h9,11,15-16H,5-8,10H2,1-4H3/t11-,15-,16+/m1/s1. The van der Waals surface area contributed by atoms with Crippen LogP contribution >= 0.6 is 11.8 Å². The van der Waals surface area contributed by atoms with Crippen LogP contribution in [0, 0.1) is 11.6 Å². The number of carbonyl (C=O) groups excluding carboxylic acids is 1. The van der Waals surface area contributed by atoms with Crippen molar-refractivity contribution in [1.29, 1.82) is 0 Å². The van der Waals surface area contributed by atoms with Crippen LogP contribution in [-0.4, -0.2) is 57.5 Å². The van der Waals surface area contributed by atoms with E-state index in [4.69, 9.17) is 9.72 Å². The van der Waals surface area contributed by atoms with E-state index in [1.54, 1.807) is 0 Å². The monoisotopic (exact) mass is 448 g/mol. The molecule has 5 rings (SSSR count). The number of hydrogen-bond donors (Lipinski definition) is 0. The smallest absolute Gasteiger partial charge is 0.410 e. The quantitative estimate of drug-likeness (QED) is 0.472. The van der Waals surface area contributed by atoms with Gasteiger partial charge in [-0.05, 0) is 52.7 Å². The number of aromatic nitrogens is 2. The van der Waals surface area contributed by atoms with Gasteiger partial charge in [-0.15, -0.1) is 0 Å². The van der Waals surface area contributed by atoms with Gasteiger partial charge in [-0.2, -0.15) is 0 Å². The molecular weight excluding hydrogens is 422 g/mol. The molecule has 1 aromatic carbocycles. The number of amides is 1. The van der Waals surface area contributed by atoms with Crippen LogP contribution in [0.25, 0.3) is 10.9 Å². The summed E-state index contributed by atoms with van der Waals surface area (Å²) in [4.78, 5) is 26.1. The summed E-state index contributed by atoms with van der Waals surface area (Å²) in [5.41, 5.74) is 0.0709. The third-order valence-corrected chi connectivity index (χ3v) is 7.03. The van der Waals surface area contributed by atoms with E-state index in [-0.39, 0.29) is 29.7 Å². The maximum Gasteiger partial charge on any atom is 0.410 e. The molecule has 3 aliphatic heterocycles. The van der Waals surface area contributed by atoms with Gasteiger partial charge in [0.05, 0.1) is 23.5 Å². The van der Waals surface area contributed by atoms with Crippen molar-refractivity contribution in [3.63, 3.8) is 0 Å². The van der Waals surface area contributed by atoms with Crippen molar-refractivity contribution in [1.82, 2.24) is 14.9 Å². The molecule has 31 heavy (non-hydrogen) atoms. The highest BCUT2D eigenvalue weighted by molar-refractivity contribution is 7.98. The number of anilines is 1. The molecule has 6 nitrogen and oxygen atoms in total. The van der Waals surface area contributed by atoms with E-state index in [0.717, 1.165) is 18.9 Å². The summed E-state index contributed by atoms with van der Waals surface area (Å²) >= 11 is 1.34. The Labute approximate surface area is 184 Å². The van der Waals surface area contributed by atoms with Crippen molar-refractivity contribution >= 4 is 34.6 Å². The van der Waals surface area contributed by atoms with Crippen molar-refractivity contribution in [3.05, 3.63) is 23.3 Å². The van der Waals surface area contributed by atoms with E-state index < -0.39 is 17.2 Å². The number of hydrogen-bond acceptors (Lipinski definition) is 6. The summed E-state index contributed by atoms with van der Waals surface area (Å²) in [5.74, 6) is -0.629. The summed E-state index contributed by atoms with van der Waals surface area (Å²) in [5, 5.41) is 0.935. The van der Waals surface area contributed by atoms with Gasteiger partial charge in [0.25, 0.3) is 0 Å². The Morgan fingerprint density at radius 1 is 1.16 bits per heavy atom. The van der Waals surface area contributed by atoms with Crippen LogP contribution in [0.1, 0.15) is 45.6 Å². The molecule has 2 bridgehead atoms. The number of piperazine rings is 1. The van der Waals surface area contributed by atoms with E-state index in [9.17, 15) is 13.6 Å². The van der Waals surface area contributed by atoms with Crippen molar-refractivity contribution in [3.8, 4) is 0 Å². The number of fused-ring (bicyclic) bond motifs is 5. The highest BCUT2D eigenvalue weighted by Crippen LogP contribution is 2.44. The topological polar surface area (TPSA) is 58.6 Å². The Hall–Kier alpha value is -2.16. The van der Waals surface area contributed by atoms with Gasteiger partial charge in [-0.1, -0.05) is 11.8 Å². The fraction of sp³-hybridized carbons (Fsp3) is 0.591. The van der Waals surface area contributed by atoms with Crippen molar-refractivity contribution in [2.75, 3.05) is 17.7 Å². The van der Waals surface area contributed by atoms with Crippen LogP contribution in [0.3, 0.4) is 0 Å². The zero-order chi connectivity index (χ0) is 22.1. The average Bonchev–Trinajstić information content (AvgIpc) is 2.92. The summed E-state index contributed by atoms with van der Waals surface area (Å²) in [6, 6.07) is 0.841. The second-order valence-corrected chi connectivity index (χ2v) is 10.3. The number of benzene rings is 1. The van der Waals surface area contributed by atoms with E-state index in [1.165, 1.54) is 11.8 Å². The molecule has 0 radical (unpaired) electrons. The minimum atomic E-state index is -0.663. The molecule has 1 amide bonds. The number of halogens is 2. The summed E-state index contributed by atoms with van der Waals surface area (Å²) in [7, 11) is 0. The predicted molar refractivity (Wildman–Crippen MR) is 116 cm³/mol. The van der Waals surface area contributed by atoms with Gasteiger partial charge in [-0.3, -0.25) is 4.90 Å². The van der Waals surface area contributed by atoms with Gasteiger partial charge in [0.15, 0.2) is 11.0 Å². The number of rotatable bonds is 1. The first kappa shape index (κ1) is 20.7. The Kier molecular flexibility index (Phi) is 4.80. The van der Waals surface area contributed by atoms with Crippen LogP contribution in [0.5, 0.6) is 0 Å². The molecule has 0 N–H and O–H groups in total. The third kappa shape index (κ3) is 3.32. The third-order valence-electron chi connectivity index (χ3n) is 6.49. The lowest BCUT2D eigenvalue weighted by atomic mass is 9.97. The lowest BCUT2D eigenvalue weighted by Gasteiger charge is -2.47. The zero-order valence-electron chi connectivity index (χ0n) is 18.1. The molecule has 2 fully saturated rings. The molecule has 4 heterocycles. The molecule has 0 saturated carbocycles. The number of nitrogens with zero attached hydrogens (tertiary/aromatic N) is 4. The maximum atomic E-state index is 14.8. The molecule has 2 saturated heterocycles. The fourth-order valence-corrected chi connectivity index (χ4v) is 5.69. The number of carbonyl (C=O) groups is 1. The first-order valence-corrected chi connectivity index (χ1v) is 11.9. The highest BCUT2D eigenvalue weighted by Gasteiger charge is 2.51. The minimum Gasteiger partial charge on any atom is -0.444 e. The fourth-order valence-electron chi connectivity index (χ4n) is 5.33. The molecule has 0 unspecified atom stereocenters. The molecule has 2 aromatic rings. The van der Waals surface area contributed by atoms with Gasteiger partial charge in [-0.25, -0.2) is 23.5 Å². The van der Waals surface area contributed by atoms with Crippen LogP contribution in [-0.2, 0) is 11.2 Å². The predicted octanol–water partition coefficient (Wildman–Crippen LogP) is 4.53. The molecule has 1 aromatic heterocycles. The van der Waals surface area contributed by atoms with Gasteiger partial charge in [0.2, 0.25) is 0 Å². The van der Waals surface area contributed by atoms with Crippen molar-refractivity contribution in [2.45, 2.75) is 75.3 Å². The first-order valence-electron chi connectivity index (χ1n) is 10.7. The highest BCUT2D eigenvalue weighted by atomic mass is 32.2. The first-order chi connectivity index (χ1) is 14.7. The SMILES string of the molecule is CSc1nc2c3c(c(F)cc(F)c3n1)CC[C@@H]1[C@@H]3CC[C@H](CN21)N3C(=O)OC(C)(C)C. The van der Waals surface area contributed by atoms with E-state index in [1.807, 2.05) is 31.9 Å². The van der Waals surface area contributed by atoms with Gasteiger partial charge in [0.1, 0.15) is 22.8 Å². The van der Waals surface area contributed by atoms with Gasteiger partial charge in [0, 0.05) is 18.2 Å². The largest absolute Gasteiger partial charge is 0.444 e. The molecule has 0 aliphatic carbocycles. The lowest BCUT2D eigenvalue weighted by molar-refractivity contribution is 0.00721. The maximum absolute atomic E-state index is 14.8. The van der Waals surface area contributed by atoms with Crippen LogP contribution in [0.4, 0.5) is 19.4 Å². The van der Waals surface area contributed by atoms with Crippen LogP contribution in [0.2, 0.25) is 0 Å². The Bertz CT molecular complexity index is 1070. The van der Waals surface area contributed by atoms with Crippen molar-refractivity contribution < 1.29 is 18.3 Å². The number of thioether (sulfide) groups is 1. The van der Waals surface area contributed by atoms with E-state index >= 15 is 0 Å². The Balaban J connectivity index is 1.61. The minimum absolute atomic E-state index is 0.0150. The van der Waals surface area contributed by atoms with Crippen LogP contribution < -0.4 is 4.90 Å². The molecular formula is C22H26F2N4O2S. The molecule has 166 valence electrons. The molecule has 3 aliphatic rings. The number of aryl methyl sites for hydroxylation is 1. The Morgan fingerprint density at radius 3 is 2.65 bits per heavy atom. The molecule has 9 heteroatoms. The molecule has 0 spiro atoms. The van der Waals surface area contributed by atoms with Gasteiger partial charge >= 0.3 is 6.09 Å². The summed E-state index contributed by atoms with van der Waals surface area (Å²) in [6.45, 7) is 6.16. The van der Waals surface area contributed by atoms with E-state index in [2.05, 4.69) is 9.88 Å². The second-order valence-electron chi connectivity index (χ2n) is 9.52. The molecule has 3 atom stereocenters. The lowest BCUT2D eigenvalue weighted by Crippen LogP contribution is -2.62. The van der Waals surface area contributed by atoms with Gasteiger partial charge < -0.3 is 9.64 Å². The second kappa shape index (κ2) is 7.18. The summed E-state index contributed by atoms with van der Waals surface area (Å²) < 4.78 is 35.2.